The van der Waals surface area contributed by atoms with Gasteiger partial charge in [0.2, 0.25) is 11.8 Å². The van der Waals surface area contributed by atoms with Crippen molar-refractivity contribution in [1.29, 1.82) is 5.26 Å². The van der Waals surface area contributed by atoms with Gasteiger partial charge in [-0.05, 0) is 24.0 Å². The van der Waals surface area contributed by atoms with Crippen LogP contribution in [0.1, 0.15) is 42.7 Å². The van der Waals surface area contributed by atoms with Crippen molar-refractivity contribution in [3.05, 3.63) is 54.1 Å². The average molecular weight is 447 g/mol. The molecule has 170 valence electrons. The van der Waals surface area contributed by atoms with E-state index in [0.29, 0.717) is 12.1 Å². The number of hydrogen-bond acceptors (Lipinski definition) is 6. The first-order chi connectivity index (χ1) is 15.8. The maximum atomic E-state index is 13.8. The third-order valence-electron chi connectivity index (χ3n) is 6.47. The van der Waals surface area contributed by atoms with E-state index in [4.69, 9.17) is 0 Å². The monoisotopic (exact) mass is 446 g/mol. The number of nitriles is 1. The number of nitrogens with one attached hydrogen (secondary N) is 1. The van der Waals surface area contributed by atoms with Gasteiger partial charge in [0.1, 0.15) is 17.8 Å². The van der Waals surface area contributed by atoms with Gasteiger partial charge in [0.15, 0.2) is 0 Å². The van der Waals surface area contributed by atoms with Crippen molar-refractivity contribution in [2.24, 2.45) is 5.92 Å². The molecular formula is C24H26N6O3. The van der Waals surface area contributed by atoms with E-state index < -0.39 is 23.4 Å². The fraction of sp³-hybridized carbons (Fsp3) is 0.417. The summed E-state index contributed by atoms with van der Waals surface area (Å²) in [5.41, 5.74) is 0.681. The van der Waals surface area contributed by atoms with Crippen molar-refractivity contribution in [1.82, 2.24) is 19.8 Å². The summed E-state index contributed by atoms with van der Waals surface area (Å²) >= 11 is 0. The van der Waals surface area contributed by atoms with E-state index in [-0.39, 0.29) is 36.4 Å². The molecule has 2 aliphatic heterocycles. The number of amides is 3. The second-order valence-electron chi connectivity index (χ2n) is 9.05. The Balaban J connectivity index is 1.66. The summed E-state index contributed by atoms with van der Waals surface area (Å²) in [7, 11) is 1.56. The summed E-state index contributed by atoms with van der Waals surface area (Å²) in [5, 5.41) is 12.8. The largest absolute Gasteiger partial charge is 0.328 e. The fourth-order valence-electron chi connectivity index (χ4n) is 4.78. The maximum Gasteiger partial charge on any atom is 0.274 e. The zero-order valence-corrected chi connectivity index (χ0v) is 18.9. The smallest absolute Gasteiger partial charge is 0.274 e. The van der Waals surface area contributed by atoms with Gasteiger partial charge in [0.05, 0.1) is 17.7 Å². The van der Waals surface area contributed by atoms with Crippen molar-refractivity contribution >= 4 is 23.4 Å². The van der Waals surface area contributed by atoms with Crippen LogP contribution in [0.3, 0.4) is 0 Å². The van der Waals surface area contributed by atoms with E-state index >= 15 is 0 Å². The van der Waals surface area contributed by atoms with E-state index in [2.05, 4.69) is 21.4 Å². The lowest BCUT2D eigenvalue weighted by Gasteiger charge is -2.33. The molecule has 2 aliphatic rings. The van der Waals surface area contributed by atoms with Crippen molar-refractivity contribution < 1.29 is 14.4 Å². The van der Waals surface area contributed by atoms with Crippen LogP contribution in [0.25, 0.3) is 0 Å². The first-order valence-corrected chi connectivity index (χ1v) is 10.9. The molecule has 33 heavy (non-hydrogen) atoms. The van der Waals surface area contributed by atoms with Crippen molar-refractivity contribution in [3.63, 3.8) is 0 Å². The van der Waals surface area contributed by atoms with E-state index in [9.17, 15) is 19.6 Å². The number of likely N-dealkylation sites (tertiary alicyclic amines) is 1. The van der Waals surface area contributed by atoms with Gasteiger partial charge < -0.3 is 15.1 Å². The number of para-hydroxylation sites is 1. The number of benzene rings is 1. The Kier molecular flexibility index (Phi) is 5.85. The molecule has 0 unspecified atom stereocenters. The van der Waals surface area contributed by atoms with Gasteiger partial charge in [0.25, 0.3) is 5.91 Å². The van der Waals surface area contributed by atoms with Gasteiger partial charge >= 0.3 is 0 Å². The number of anilines is 1. The van der Waals surface area contributed by atoms with Crippen LogP contribution in [0.4, 0.5) is 5.69 Å². The second kappa shape index (κ2) is 8.62. The fourth-order valence-corrected chi connectivity index (χ4v) is 4.78. The molecule has 1 fully saturated rings. The highest BCUT2D eigenvalue weighted by Gasteiger charge is 2.56. The summed E-state index contributed by atoms with van der Waals surface area (Å²) in [6.07, 6.45) is 4.88. The molecule has 2 aromatic rings. The topological polar surface area (TPSA) is 119 Å². The Bertz CT molecular complexity index is 1130. The molecule has 0 radical (unpaired) electrons. The number of aromatic nitrogens is 2. The summed E-state index contributed by atoms with van der Waals surface area (Å²) < 4.78 is 0. The highest BCUT2D eigenvalue weighted by Crippen LogP contribution is 2.46. The minimum absolute atomic E-state index is 0.0919. The van der Waals surface area contributed by atoms with E-state index in [0.717, 1.165) is 5.56 Å². The molecule has 9 heteroatoms. The number of nitrogens with zero attached hydrogens (tertiary/aromatic N) is 5. The average Bonchev–Trinajstić information content (AvgIpc) is 3.35. The lowest BCUT2D eigenvalue weighted by molar-refractivity contribution is -0.136. The summed E-state index contributed by atoms with van der Waals surface area (Å²) in [6, 6.07) is 8.00. The predicted octanol–water partition coefficient (Wildman–Crippen LogP) is 1.98. The highest BCUT2D eigenvalue weighted by atomic mass is 16.2. The molecule has 1 spiro atoms. The second-order valence-corrected chi connectivity index (χ2v) is 9.05. The highest BCUT2D eigenvalue weighted by molar-refractivity contribution is 6.07. The quantitative estimate of drug-likeness (QED) is 0.750. The number of fused-ring (bicyclic) bond motifs is 2. The number of carbonyl (C=O) groups excluding carboxylic acids is 3. The first kappa shape index (κ1) is 22.4. The van der Waals surface area contributed by atoms with Crippen LogP contribution >= 0.6 is 0 Å². The maximum absolute atomic E-state index is 13.8. The Hall–Kier alpha value is -3.80. The minimum atomic E-state index is -0.970. The molecule has 0 aliphatic carbocycles. The minimum Gasteiger partial charge on any atom is -0.328 e. The number of rotatable bonds is 5. The molecule has 3 heterocycles. The lowest BCUT2D eigenvalue weighted by atomic mass is 9.80. The number of likely N-dealkylation sites (N-methyl/N-ethyl adjacent to an activating group) is 1. The number of carbonyl (C=O) groups is 3. The van der Waals surface area contributed by atoms with Crippen molar-refractivity contribution in [2.45, 2.75) is 44.2 Å². The van der Waals surface area contributed by atoms with Crippen LogP contribution in [0, 0.1) is 17.2 Å². The van der Waals surface area contributed by atoms with Crippen LogP contribution < -0.4 is 5.32 Å². The van der Waals surface area contributed by atoms with Crippen LogP contribution in [0.2, 0.25) is 0 Å². The molecule has 0 saturated carbocycles. The molecule has 1 saturated heterocycles. The van der Waals surface area contributed by atoms with Gasteiger partial charge in [-0.15, -0.1) is 0 Å². The number of hydrogen-bond donors (Lipinski definition) is 1. The molecule has 1 aromatic heterocycles. The SMILES string of the molecule is CC(C)C[C@@H](C(=O)N1C[C@]2(C[C@H]1C#N)C(=O)Nc1ccccc12)N(C)C(=O)c1cnccn1. The molecule has 9 nitrogen and oxygen atoms in total. The summed E-state index contributed by atoms with van der Waals surface area (Å²) in [6.45, 7) is 4.03. The van der Waals surface area contributed by atoms with E-state index in [1.807, 2.05) is 38.1 Å². The first-order valence-electron chi connectivity index (χ1n) is 10.9. The normalized spacial score (nSPS) is 22.1. The molecule has 3 atom stereocenters. The van der Waals surface area contributed by atoms with Crippen LogP contribution in [0.5, 0.6) is 0 Å². The zero-order valence-electron chi connectivity index (χ0n) is 18.9. The molecule has 4 rings (SSSR count). The zero-order chi connectivity index (χ0) is 23.8. The Labute approximate surface area is 192 Å². The van der Waals surface area contributed by atoms with Crippen molar-refractivity contribution in [2.75, 3.05) is 18.9 Å². The van der Waals surface area contributed by atoms with Crippen molar-refractivity contribution in [3.8, 4) is 6.07 Å². The van der Waals surface area contributed by atoms with E-state index in [1.165, 1.54) is 28.4 Å². The summed E-state index contributed by atoms with van der Waals surface area (Å²) in [5.74, 6) is -0.857. The molecular weight excluding hydrogens is 420 g/mol. The van der Waals surface area contributed by atoms with Crippen LogP contribution in [0.15, 0.2) is 42.9 Å². The van der Waals surface area contributed by atoms with Gasteiger partial charge in [0, 0.05) is 38.1 Å². The molecule has 1 N–H and O–H groups in total. The lowest BCUT2D eigenvalue weighted by Crippen LogP contribution is -2.52. The predicted molar refractivity (Wildman–Crippen MR) is 120 cm³/mol. The molecule has 1 aromatic carbocycles. The van der Waals surface area contributed by atoms with Gasteiger partial charge in [-0.25, -0.2) is 4.98 Å². The van der Waals surface area contributed by atoms with E-state index in [1.54, 1.807) is 7.05 Å². The van der Waals surface area contributed by atoms with Crippen LogP contribution in [-0.2, 0) is 15.0 Å². The third kappa shape index (κ3) is 3.82. The Morgan fingerprint density at radius 2 is 2.09 bits per heavy atom. The molecule has 3 amide bonds. The standard InChI is InChI=1S/C24H26N6O3/c1-15(2)10-20(29(3)21(31)19-13-26-8-9-27-19)22(32)30-14-24(11-16(30)12-25)17-6-4-5-7-18(17)28-23(24)33/h4-9,13,15-16,20H,10-11,14H2,1-3H3,(H,28,33)/t16-,20-,24-/m0/s1. The Morgan fingerprint density at radius 1 is 1.33 bits per heavy atom. The van der Waals surface area contributed by atoms with Gasteiger partial charge in [-0.3, -0.25) is 19.4 Å². The molecule has 0 bridgehead atoms. The third-order valence-corrected chi connectivity index (χ3v) is 6.47. The van der Waals surface area contributed by atoms with Crippen LogP contribution in [-0.4, -0.2) is 63.2 Å². The van der Waals surface area contributed by atoms with Gasteiger partial charge in [-0.1, -0.05) is 32.0 Å². The van der Waals surface area contributed by atoms with Gasteiger partial charge in [-0.2, -0.15) is 5.26 Å². The Morgan fingerprint density at radius 3 is 2.76 bits per heavy atom. The summed E-state index contributed by atoms with van der Waals surface area (Å²) in [4.78, 5) is 50.7.